The maximum absolute atomic E-state index is 13.8. The first-order valence-electron chi connectivity index (χ1n) is 13.2. The fourth-order valence-corrected chi connectivity index (χ4v) is 4.59. The molecule has 3 aromatic rings. The maximum atomic E-state index is 13.8. The molecule has 2 aliphatic heterocycles. The van der Waals surface area contributed by atoms with Gasteiger partial charge >= 0.3 is 6.03 Å². The third-order valence-corrected chi connectivity index (χ3v) is 6.88. The highest BCUT2D eigenvalue weighted by atomic mass is 16.7. The first-order valence-corrected chi connectivity index (χ1v) is 13.2. The van der Waals surface area contributed by atoms with Gasteiger partial charge in [-0.2, -0.15) is 0 Å². The van der Waals surface area contributed by atoms with E-state index < -0.39 is 0 Å². The Morgan fingerprint density at radius 1 is 0.949 bits per heavy atom. The lowest BCUT2D eigenvalue weighted by Gasteiger charge is -2.31. The van der Waals surface area contributed by atoms with Crippen molar-refractivity contribution in [1.82, 2.24) is 14.7 Å². The second kappa shape index (κ2) is 12.7. The zero-order valence-corrected chi connectivity index (χ0v) is 22.1. The number of ether oxygens (including phenoxy) is 3. The van der Waals surface area contributed by atoms with Crippen molar-refractivity contribution < 1.29 is 28.2 Å². The second-order valence-corrected chi connectivity index (χ2v) is 9.64. The van der Waals surface area contributed by atoms with E-state index in [1.54, 1.807) is 22.1 Å². The molecule has 1 saturated heterocycles. The quantitative estimate of drug-likeness (QED) is 0.424. The number of hydrogen-bond donors (Lipinski definition) is 1. The molecule has 10 nitrogen and oxygen atoms in total. The van der Waals surface area contributed by atoms with Crippen molar-refractivity contribution in [3.8, 4) is 11.5 Å². The molecule has 39 heavy (non-hydrogen) atoms. The first kappa shape index (κ1) is 26.6. The van der Waals surface area contributed by atoms with Crippen molar-refractivity contribution in [3.05, 3.63) is 77.7 Å². The summed E-state index contributed by atoms with van der Waals surface area (Å²) >= 11 is 0. The number of carbonyl (C=O) groups excluding carboxylic acids is 2. The van der Waals surface area contributed by atoms with Crippen LogP contribution in [-0.4, -0.2) is 79.4 Å². The van der Waals surface area contributed by atoms with Gasteiger partial charge in [0.05, 0.1) is 26.0 Å². The van der Waals surface area contributed by atoms with Gasteiger partial charge in [0.2, 0.25) is 12.7 Å². The van der Waals surface area contributed by atoms with Gasteiger partial charge in [-0.15, -0.1) is 0 Å². The van der Waals surface area contributed by atoms with Gasteiger partial charge in [-0.25, -0.2) is 4.79 Å². The minimum absolute atomic E-state index is 0.0761. The molecule has 2 aromatic carbocycles. The minimum atomic E-state index is -0.313. The number of furan rings is 1. The zero-order valence-electron chi connectivity index (χ0n) is 22.1. The van der Waals surface area contributed by atoms with Crippen LogP contribution in [0, 0.1) is 6.92 Å². The van der Waals surface area contributed by atoms with Crippen LogP contribution in [0.1, 0.15) is 16.9 Å². The Bertz CT molecular complexity index is 1260. The van der Waals surface area contributed by atoms with Crippen LogP contribution in [0.3, 0.4) is 0 Å². The molecule has 0 unspecified atom stereocenters. The number of benzene rings is 2. The molecule has 1 aromatic heterocycles. The van der Waals surface area contributed by atoms with Gasteiger partial charge in [-0.05, 0) is 48.4 Å². The predicted molar refractivity (Wildman–Crippen MR) is 145 cm³/mol. The largest absolute Gasteiger partial charge is 0.467 e. The molecule has 3 heterocycles. The summed E-state index contributed by atoms with van der Waals surface area (Å²) in [7, 11) is 0. The molecular formula is C29H34N4O6. The lowest BCUT2D eigenvalue weighted by atomic mass is 10.2. The van der Waals surface area contributed by atoms with Crippen LogP contribution in [0.25, 0.3) is 0 Å². The van der Waals surface area contributed by atoms with Crippen LogP contribution in [0.15, 0.2) is 65.3 Å². The smallest absolute Gasteiger partial charge is 0.322 e. The summed E-state index contributed by atoms with van der Waals surface area (Å²) in [6.45, 7) is 6.64. The molecule has 5 rings (SSSR count). The Labute approximate surface area is 228 Å². The molecule has 206 valence electrons. The Balaban J connectivity index is 1.32. The number of hydrogen-bond acceptors (Lipinski definition) is 7. The zero-order chi connectivity index (χ0) is 27.0. The van der Waals surface area contributed by atoms with E-state index in [1.807, 2.05) is 55.5 Å². The van der Waals surface area contributed by atoms with Crippen LogP contribution < -0.4 is 14.8 Å². The molecule has 2 aliphatic rings. The molecule has 0 spiro atoms. The van der Waals surface area contributed by atoms with Gasteiger partial charge in [0.1, 0.15) is 12.3 Å². The number of nitrogens with zero attached hydrogens (tertiary/aromatic N) is 3. The number of anilines is 1. The number of aryl methyl sites for hydroxylation is 1. The number of carbonyl (C=O) groups is 2. The van der Waals surface area contributed by atoms with E-state index in [0.717, 1.165) is 29.9 Å². The van der Waals surface area contributed by atoms with Gasteiger partial charge < -0.3 is 33.7 Å². The van der Waals surface area contributed by atoms with Gasteiger partial charge in [0.15, 0.2) is 11.5 Å². The first-order chi connectivity index (χ1) is 19.0. The fourth-order valence-electron chi connectivity index (χ4n) is 4.59. The summed E-state index contributed by atoms with van der Waals surface area (Å²) in [6.07, 6.45) is 1.59. The lowest BCUT2D eigenvalue weighted by Crippen LogP contribution is -2.48. The van der Waals surface area contributed by atoms with Crippen LogP contribution in [0.2, 0.25) is 0 Å². The van der Waals surface area contributed by atoms with Crippen molar-refractivity contribution in [2.45, 2.75) is 20.0 Å². The summed E-state index contributed by atoms with van der Waals surface area (Å²) in [5, 5.41) is 2.99. The number of morpholine rings is 1. The van der Waals surface area contributed by atoms with E-state index in [9.17, 15) is 9.59 Å². The van der Waals surface area contributed by atoms with Crippen molar-refractivity contribution in [1.29, 1.82) is 0 Å². The Kier molecular flexibility index (Phi) is 8.65. The van der Waals surface area contributed by atoms with Crippen molar-refractivity contribution in [3.63, 3.8) is 0 Å². The van der Waals surface area contributed by atoms with Crippen LogP contribution in [0.4, 0.5) is 10.5 Å². The summed E-state index contributed by atoms with van der Waals surface area (Å²) in [5.74, 6) is 1.81. The number of fused-ring (bicyclic) bond motifs is 1. The number of para-hydroxylation sites is 1. The minimum Gasteiger partial charge on any atom is -0.467 e. The third kappa shape index (κ3) is 7.10. The number of rotatable bonds is 10. The van der Waals surface area contributed by atoms with Gasteiger partial charge in [-0.3, -0.25) is 9.69 Å². The molecule has 0 bridgehead atoms. The summed E-state index contributed by atoms with van der Waals surface area (Å²) in [6, 6.07) is 16.6. The number of nitrogens with one attached hydrogen (secondary N) is 1. The van der Waals surface area contributed by atoms with E-state index in [1.165, 1.54) is 0 Å². The van der Waals surface area contributed by atoms with Gasteiger partial charge in [-0.1, -0.05) is 24.3 Å². The fraction of sp³-hybridized carbons (Fsp3) is 0.379. The van der Waals surface area contributed by atoms with Crippen molar-refractivity contribution >= 4 is 17.6 Å². The SMILES string of the molecule is Cc1ccccc1NC(=O)N(CCN1CCOCC1)CC(=O)N(Cc1ccc2c(c1)OCO2)Cc1ccco1. The van der Waals surface area contributed by atoms with Crippen LogP contribution in [0.5, 0.6) is 11.5 Å². The lowest BCUT2D eigenvalue weighted by molar-refractivity contribution is -0.133. The maximum Gasteiger partial charge on any atom is 0.322 e. The average molecular weight is 535 g/mol. The molecular weight excluding hydrogens is 500 g/mol. The normalized spacial score (nSPS) is 14.7. The Morgan fingerprint density at radius 3 is 2.56 bits per heavy atom. The van der Waals surface area contributed by atoms with E-state index in [2.05, 4.69) is 10.2 Å². The average Bonchev–Trinajstić information content (AvgIpc) is 3.64. The molecule has 3 amide bonds. The van der Waals surface area contributed by atoms with Crippen molar-refractivity contribution in [2.24, 2.45) is 0 Å². The van der Waals surface area contributed by atoms with Crippen LogP contribution in [-0.2, 0) is 22.6 Å². The molecule has 10 heteroatoms. The standard InChI is InChI=1S/C29H34N4O6/c1-22-5-2-3-7-25(22)30-29(35)32(11-10-31-12-15-36-16-13-31)20-28(34)33(19-24-6-4-14-37-24)18-23-8-9-26-27(17-23)39-21-38-26/h2-9,14,17H,10-13,15-16,18-21H2,1H3,(H,30,35). The monoisotopic (exact) mass is 534 g/mol. The molecule has 0 saturated carbocycles. The van der Waals surface area contributed by atoms with E-state index in [-0.39, 0.29) is 31.8 Å². The van der Waals surface area contributed by atoms with E-state index in [4.69, 9.17) is 18.6 Å². The number of urea groups is 1. The Hall–Kier alpha value is -4.02. The molecule has 0 radical (unpaired) electrons. The van der Waals surface area contributed by atoms with Gasteiger partial charge in [0.25, 0.3) is 0 Å². The van der Waals surface area contributed by atoms with Gasteiger partial charge in [0, 0.05) is 38.4 Å². The highest BCUT2D eigenvalue weighted by molar-refractivity contribution is 5.93. The topological polar surface area (TPSA) is 96.7 Å². The van der Waals surface area contributed by atoms with Crippen molar-refractivity contribution in [2.75, 3.05) is 58.0 Å². The predicted octanol–water partition coefficient (Wildman–Crippen LogP) is 3.71. The van der Waals surface area contributed by atoms with E-state index >= 15 is 0 Å². The molecule has 1 N–H and O–H groups in total. The third-order valence-electron chi connectivity index (χ3n) is 6.88. The highest BCUT2D eigenvalue weighted by Gasteiger charge is 2.25. The molecule has 1 fully saturated rings. The highest BCUT2D eigenvalue weighted by Crippen LogP contribution is 2.33. The van der Waals surface area contributed by atoms with Crippen LogP contribution >= 0.6 is 0 Å². The molecule has 0 atom stereocenters. The summed E-state index contributed by atoms with van der Waals surface area (Å²) in [4.78, 5) is 32.7. The molecule has 0 aliphatic carbocycles. The summed E-state index contributed by atoms with van der Waals surface area (Å²) < 4.78 is 21.9. The Morgan fingerprint density at radius 2 is 1.77 bits per heavy atom. The second-order valence-electron chi connectivity index (χ2n) is 9.64. The summed E-state index contributed by atoms with van der Waals surface area (Å²) in [5.41, 5.74) is 2.56. The van der Waals surface area contributed by atoms with E-state index in [0.29, 0.717) is 50.1 Å². The number of amides is 3.